The van der Waals surface area contributed by atoms with Crippen molar-refractivity contribution in [3.8, 4) is 5.88 Å². The van der Waals surface area contributed by atoms with Crippen molar-refractivity contribution in [2.24, 2.45) is 0 Å². The highest BCUT2D eigenvalue weighted by atomic mass is 19.1. The molecular weight excluding hydrogens is 381 g/mol. The zero-order chi connectivity index (χ0) is 21.3. The highest BCUT2D eigenvalue weighted by Gasteiger charge is 2.16. The molecule has 0 spiro atoms. The van der Waals surface area contributed by atoms with Crippen molar-refractivity contribution >= 4 is 5.82 Å². The van der Waals surface area contributed by atoms with Crippen molar-refractivity contribution in [3.05, 3.63) is 95.6 Å². The average molecular weight is 407 g/mol. The Balaban J connectivity index is 1.55. The number of rotatable bonds is 10. The van der Waals surface area contributed by atoms with Gasteiger partial charge in [-0.25, -0.2) is 14.4 Å². The van der Waals surface area contributed by atoms with E-state index in [4.69, 9.17) is 15.2 Å². The van der Waals surface area contributed by atoms with Gasteiger partial charge in [0.25, 0.3) is 0 Å². The predicted molar refractivity (Wildman–Crippen MR) is 116 cm³/mol. The van der Waals surface area contributed by atoms with Crippen LogP contribution in [0, 0.1) is 5.82 Å². The molecule has 156 valence electrons. The Hall–Kier alpha value is -3.25. The standard InChI is InChI=1S/C24H26FN3O2/c1-17(14-22(29-2)21-7-4-10-28-24(21)26)13-19-8-11-27-23(16-19)30-12-9-18-5-3-6-20(25)15-18/h3-8,10-11,15-16,22H,1,9,12-14H2,2H3,(H2,26,28). The lowest BCUT2D eigenvalue weighted by atomic mass is 9.98. The summed E-state index contributed by atoms with van der Waals surface area (Å²) in [7, 11) is 1.65. The summed E-state index contributed by atoms with van der Waals surface area (Å²) in [5, 5.41) is 0. The van der Waals surface area contributed by atoms with E-state index in [1.165, 1.54) is 12.1 Å². The highest BCUT2D eigenvalue weighted by molar-refractivity contribution is 5.41. The fourth-order valence-electron chi connectivity index (χ4n) is 3.25. The molecule has 1 unspecified atom stereocenters. The Bertz CT molecular complexity index is 993. The van der Waals surface area contributed by atoms with Crippen LogP contribution in [0.1, 0.15) is 29.2 Å². The topological polar surface area (TPSA) is 70.3 Å². The smallest absolute Gasteiger partial charge is 0.213 e. The summed E-state index contributed by atoms with van der Waals surface area (Å²) in [6.07, 6.45) is 5.08. The minimum atomic E-state index is -0.242. The van der Waals surface area contributed by atoms with E-state index in [1.807, 2.05) is 30.3 Å². The summed E-state index contributed by atoms with van der Waals surface area (Å²) in [6.45, 7) is 4.62. The lowest BCUT2D eigenvalue weighted by Crippen LogP contribution is -2.08. The minimum Gasteiger partial charge on any atom is -0.477 e. The van der Waals surface area contributed by atoms with E-state index in [0.717, 1.165) is 22.3 Å². The van der Waals surface area contributed by atoms with Gasteiger partial charge < -0.3 is 15.2 Å². The van der Waals surface area contributed by atoms with Crippen LogP contribution in [0.2, 0.25) is 0 Å². The molecule has 6 heteroatoms. The lowest BCUT2D eigenvalue weighted by molar-refractivity contribution is 0.103. The van der Waals surface area contributed by atoms with Gasteiger partial charge >= 0.3 is 0 Å². The zero-order valence-electron chi connectivity index (χ0n) is 17.1. The molecule has 2 N–H and O–H groups in total. The van der Waals surface area contributed by atoms with E-state index in [1.54, 1.807) is 25.6 Å². The largest absolute Gasteiger partial charge is 0.477 e. The molecule has 0 amide bonds. The van der Waals surface area contributed by atoms with E-state index in [0.29, 0.717) is 37.6 Å². The molecule has 2 heterocycles. The quantitative estimate of drug-likeness (QED) is 0.494. The second-order valence-electron chi connectivity index (χ2n) is 7.06. The fraction of sp³-hybridized carbons (Fsp3) is 0.250. The van der Waals surface area contributed by atoms with Crippen molar-refractivity contribution < 1.29 is 13.9 Å². The van der Waals surface area contributed by atoms with Crippen LogP contribution in [0.4, 0.5) is 10.2 Å². The van der Waals surface area contributed by atoms with Crippen molar-refractivity contribution in [1.82, 2.24) is 9.97 Å². The first-order valence-corrected chi connectivity index (χ1v) is 9.77. The van der Waals surface area contributed by atoms with Crippen molar-refractivity contribution in [1.29, 1.82) is 0 Å². The van der Waals surface area contributed by atoms with Crippen LogP contribution in [0.15, 0.2) is 73.1 Å². The normalized spacial score (nSPS) is 11.8. The first-order chi connectivity index (χ1) is 14.5. The second-order valence-corrected chi connectivity index (χ2v) is 7.06. The van der Waals surface area contributed by atoms with Gasteiger partial charge in [-0.15, -0.1) is 0 Å². The van der Waals surface area contributed by atoms with Crippen LogP contribution >= 0.6 is 0 Å². The number of nitrogens with zero attached hydrogens (tertiary/aromatic N) is 2. The molecular formula is C24H26FN3O2. The Morgan fingerprint density at radius 1 is 1.10 bits per heavy atom. The molecule has 30 heavy (non-hydrogen) atoms. The van der Waals surface area contributed by atoms with Gasteiger partial charge in [0.1, 0.15) is 11.6 Å². The number of halogens is 1. The average Bonchev–Trinajstić information content (AvgIpc) is 2.73. The van der Waals surface area contributed by atoms with E-state index in [-0.39, 0.29) is 11.9 Å². The fourth-order valence-corrected chi connectivity index (χ4v) is 3.25. The van der Waals surface area contributed by atoms with Gasteiger partial charge in [0.2, 0.25) is 5.88 Å². The molecule has 0 bridgehead atoms. The maximum Gasteiger partial charge on any atom is 0.213 e. The molecule has 2 aromatic heterocycles. The number of ether oxygens (including phenoxy) is 2. The summed E-state index contributed by atoms with van der Waals surface area (Å²) in [4.78, 5) is 8.38. The maximum atomic E-state index is 13.3. The molecule has 5 nitrogen and oxygen atoms in total. The number of methoxy groups -OCH3 is 1. The number of nitrogens with two attached hydrogens (primary N) is 1. The van der Waals surface area contributed by atoms with Crippen LogP contribution in [0.25, 0.3) is 0 Å². The third-order valence-electron chi connectivity index (χ3n) is 4.76. The van der Waals surface area contributed by atoms with E-state index >= 15 is 0 Å². The molecule has 0 aliphatic rings. The predicted octanol–water partition coefficient (Wildman–Crippen LogP) is 4.70. The van der Waals surface area contributed by atoms with Gasteiger partial charge in [0.15, 0.2) is 0 Å². The molecule has 0 saturated carbocycles. The van der Waals surface area contributed by atoms with Crippen LogP contribution in [-0.2, 0) is 17.6 Å². The number of pyridine rings is 2. The summed E-state index contributed by atoms with van der Waals surface area (Å²) >= 11 is 0. The summed E-state index contributed by atoms with van der Waals surface area (Å²) in [5.41, 5.74) is 9.77. The maximum absolute atomic E-state index is 13.3. The molecule has 0 radical (unpaired) electrons. The third-order valence-corrected chi connectivity index (χ3v) is 4.76. The molecule has 0 aliphatic heterocycles. The molecule has 0 aliphatic carbocycles. The van der Waals surface area contributed by atoms with E-state index < -0.39 is 0 Å². The van der Waals surface area contributed by atoms with Gasteiger partial charge in [-0.2, -0.15) is 0 Å². The Morgan fingerprint density at radius 2 is 1.97 bits per heavy atom. The Morgan fingerprint density at radius 3 is 2.73 bits per heavy atom. The van der Waals surface area contributed by atoms with Gasteiger partial charge in [0, 0.05) is 37.6 Å². The Kier molecular flexibility index (Phi) is 7.51. The lowest BCUT2D eigenvalue weighted by Gasteiger charge is -2.18. The Labute approximate surface area is 176 Å². The van der Waals surface area contributed by atoms with Gasteiger partial charge in [-0.3, -0.25) is 0 Å². The van der Waals surface area contributed by atoms with Gasteiger partial charge in [-0.05, 0) is 48.2 Å². The number of nitrogen functional groups attached to an aromatic ring is 1. The van der Waals surface area contributed by atoms with Crippen LogP contribution in [0.5, 0.6) is 5.88 Å². The van der Waals surface area contributed by atoms with Crippen LogP contribution in [0.3, 0.4) is 0 Å². The second kappa shape index (κ2) is 10.5. The molecule has 0 fully saturated rings. The number of aromatic nitrogens is 2. The molecule has 3 aromatic rings. The zero-order valence-corrected chi connectivity index (χ0v) is 17.1. The van der Waals surface area contributed by atoms with Crippen LogP contribution in [-0.4, -0.2) is 23.7 Å². The van der Waals surface area contributed by atoms with Crippen molar-refractivity contribution in [3.63, 3.8) is 0 Å². The molecule has 0 saturated heterocycles. The van der Waals surface area contributed by atoms with E-state index in [9.17, 15) is 4.39 Å². The number of hydrogen-bond acceptors (Lipinski definition) is 5. The number of hydrogen-bond donors (Lipinski definition) is 1. The number of anilines is 1. The van der Waals surface area contributed by atoms with Gasteiger partial charge in [-0.1, -0.05) is 30.4 Å². The summed E-state index contributed by atoms with van der Waals surface area (Å²) < 4.78 is 24.6. The van der Waals surface area contributed by atoms with Crippen molar-refractivity contribution in [2.45, 2.75) is 25.4 Å². The van der Waals surface area contributed by atoms with Crippen LogP contribution < -0.4 is 10.5 Å². The first kappa shape index (κ1) is 21.5. The van der Waals surface area contributed by atoms with E-state index in [2.05, 4.69) is 16.5 Å². The molecule has 1 atom stereocenters. The summed E-state index contributed by atoms with van der Waals surface area (Å²) in [6, 6.07) is 14.1. The monoisotopic (exact) mass is 407 g/mol. The minimum absolute atomic E-state index is 0.199. The van der Waals surface area contributed by atoms with Gasteiger partial charge in [0.05, 0.1) is 12.7 Å². The van der Waals surface area contributed by atoms with Crippen molar-refractivity contribution in [2.75, 3.05) is 19.5 Å². The first-order valence-electron chi connectivity index (χ1n) is 9.77. The summed E-state index contributed by atoms with van der Waals surface area (Å²) in [5.74, 6) is 0.764. The SMILES string of the molecule is C=C(Cc1ccnc(OCCc2cccc(F)c2)c1)CC(OC)c1cccnc1N. The molecule has 3 rings (SSSR count). The highest BCUT2D eigenvalue weighted by Crippen LogP contribution is 2.28. The third kappa shape index (κ3) is 6.12. The number of benzene rings is 1. The molecule has 1 aromatic carbocycles.